The zero-order valence-corrected chi connectivity index (χ0v) is 22.0. The summed E-state index contributed by atoms with van der Waals surface area (Å²) in [4.78, 5) is 49.7. The number of nitrogens with one attached hydrogen (secondary N) is 2. The summed E-state index contributed by atoms with van der Waals surface area (Å²) in [5.74, 6) is 0.595. The lowest BCUT2D eigenvalue weighted by Crippen LogP contribution is -2.44. The summed E-state index contributed by atoms with van der Waals surface area (Å²) in [5.41, 5.74) is 2.62. The standard InChI is InChI=1S/C27H31N7O5/c1-38-22-6-5-19(22)30-20-11-24(29-13-18(20)12-28)32-27(37)34-8-3-4-16-10-17(21(15-35)31-25(16)34)14-33-9-7-23(39-2)26(33)36/h10-11,13,15,19,22-23H,3-9,14H2,1-2H3,(H2,29,30,32,37). The topological polar surface area (TPSA) is 150 Å². The van der Waals surface area contributed by atoms with Gasteiger partial charge in [-0.2, -0.15) is 5.26 Å². The van der Waals surface area contributed by atoms with E-state index in [0.717, 1.165) is 18.4 Å². The number of hydrogen-bond acceptors (Lipinski definition) is 9. The van der Waals surface area contributed by atoms with E-state index in [0.29, 0.717) is 61.3 Å². The van der Waals surface area contributed by atoms with E-state index in [9.17, 15) is 19.6 Å². The summed E-state index contributed by atoms with van der Waals surface area (Å²) in [5, 5.41) is 15.6. The molecular weight excluding hydrogens is 502 g/mol. The van der Waals surface area contributed by atoms with Crippen molar-refractivity contribution in [2.24, 2.45) is 0 Å². The van der Waals surface area contributed by atoms with E-state index in [-0.39, 0.29) is 36.1 Å². The number of hydrogen-bond donors (Lipinski definition) is 2. The Morgan fingerprint density at radius 3 is 2.74 bits per heavy atom. The van der Waals surface area contributed by atoms with Crippen LogP contribution in [0.4, 0.5) is 22.1 Å². The number of likely N-dealkylation sites (tertiary alicyclic amines) is 1. The van der Waals surface area contributed by atoms with Crippen molar-refractivity contribution in [1.29, 1.82) is 5.26 Å². The number of nitrogens with zero attached hydrogens (tertiary/aromatic N) is 5. The third-order valence-electron chi connectivity index (χ3n) is 7.64. The van der Waals surface area contributed by atoms with Gasteiger partial charge in [0.25, 0.3) is 5.91 Å². The maximum absolute atomic E-state index is 13.3. The Labute approximate surface area is 226 Å². The van der Waals surface area contributed by atoms with E-state index >= 15 is 0 Å². The number of amides is 3. The van der Waals surface area contributed by atoms with E-state index in [1.54, 1.807) is 18.1 Å². The maximum Gasteiger partial charge on any atom is 0.328 e. The number of nitriles is 1. The highest BCUT2D eigenvalue weighted by Crippen LogP contribution is 2.31. The summed E-state index contributed by atoms with van der Waals surface area (Å²) in [7, 11) is 3.17. The van der Waals surface area contributed by atoms with E-state index in [4.69, 9.17) is 9.47 Å². The van der Waals surface area contributed by atoms with Gasteiger partial charge in [0.05, 0.1) is 23.4 Å². The van der Waals surface area contributed by atoms with Crippen LogP contribution in [0.3, 0.4) is 0 Å². The van der Waals surface area contributed by atoms with Crippen molar-refractivity contribution in [2.45, 2.75) is 56.9 Å². The lowest BCUT2D eigenvalue weighted by molar-refractivity contribution is -0.136. The first-order valence-corrected chi connectivity index (χ1v) is 13.0. The Bertz CT molecular complexity index is 1320. The zero-order valence-electron chi connectivity index (χ0n) is 22.0. The lowest BCUT2D eigenvalue weighted by Gasteiger charge is -2.36. The van der Waals surface area contributed by atoms with Crippen LogP contribution < -0.4 is 15.5 Å². The van der Waals surface area contributed by atoms with Gasteiger partial charge >= 0.3 is 6.03 Å². The summed E-state index contributed by atoms with van der Waals surface area (Å²) >= 11 is 0. The number of urea groups is 1. The van der Waals surface area contributed by atoms with Crippen LogP contribution in [0.2, 0.25) is 0 Å². The molecule has 12 heteroatoms. The first kappa shape index (κ1) is 26.5. The van der Waals surface area contributed by atoms with E-state index in [1.165, 1.54) is 18.2 Å². The molecule has 39 heavy (non-hydrogen) atoms. The van der Waals surface area contributed by atoms with Gasteiger partial charge in [-0.05, 0) is 37.3 Å². The largest absolute Gasteiger partial charge is 0.379 e. The smallest absolute Gasteiger partial charge is 0.328 e. The number of aryl methyl sites for hydroxylation is 1. The number of carbonyl (C=O) groups excluding carboxylic acids is 3. The minimum atomic E-state index is -0.462. The van der Waals surface area contributed by atoms with Crippen LogP contribution in [0.15, 0.2) is 18.3 Å². The molecule has 1 aliphatic carbocycles. The Kier molecular flexibility index (Phi) is 7.72. The van der Waals surface area contributed by atoms with Crippen molar-refractivity contribution in [3.63, 3.8) is 0 Å². The van der Waals surface area contributed by atoms with Crippen LogP contribution in [0.1, 0.15) is 52.9 Å². The molecule has 204 valence electrons. The van der Waals surface area contributed by atoms with Crippen molar-refractivity contribution < 1.29 is 23.9 Å². The Morgan fingerprint density at radius 1 is 1.23 bits per heavy atom. The van der Waals surface area contributed by atoms with Crippen molar-refractivity contribution in [3.05, 3.63) is 40.7 Å². The molecular formula is C27H31N7O5. The Hall–Kier alpha value is -4.08. The number of pyridine rings is 2. The molecule has 3 unspecified atom stereocenters. The number of carbonyl (C=O) groups is 3. The van der Waals surface area contributed by atoms with Gasteiger partial charge in [-0.3, -0.25) is 19.8 Å². The van der Waals surface area contributed by atoms with Gasteiger partial charge in [-0.1, -0.05) is 0 Å². The van der Waals surface area contributed by atoms with Gasteiger partial charge in [0.2, 0.25) is 0 Å². The monoisotopic (exact) mass is 533 g/mol. The molecule has 2 fully saturated rings. The van der Waals surface area contributed by atoms with Gasteiger partial charge in [0.15, 0.2) is 6.29 Å². The summed E-state index contributed by atoms with van der Waals surface area (Å²) < 4.78 is 10.7. The van der Waals surface area contributed by atoms with Crippen LogP contribution in [0, 0.1) is 11.3 Å². The van der Waals surface area contributed by atoms with Crippen LogP contribution in [0.25, 0.3) is 0 Å². The second-order valence-corrected chi connectivity index (χ2v) is 9.92. The van der Waals surface area contributed by atoms with Crippen LogP contribution in [-0.2, 0) is 27.2 Å². The Balaban J connectivity index is 1.34. The van der Waals surface area contributed by atoms with Gasteiger partial charge in [-0.25, -0.2) is 14.8 Å². The maximum atomic E-state index is 13.3. The molecule has 1 saturated heterocycles. The highest BCUT2D eigenvalue weighted by Gasteiger charge is 2.33. The Morgan fingerprint density at radius 2 is 2.08 bits per heavy atom. The molecule has 2 N–H and O–H groups in total. The van der Waals surface area contributed by atoms with Gasteiger partial charge in [-0.15, -0.1) is 0 Å². The predicted octanol–water partition coefficient (Wildman–Crippen LogP) is 2.48. The first-order valence-electron chi connectivity index (χ1n) is 13.0. The van der Waals surface area contributed by atoms with Gasteiger partial charge in [0.1, 0.15) is 29.5 Å². The van der Waals surface area contributed by atoms with Crippen LogP contribution >= 0.6 is 0 Å². The van der Waals surface area contributed by atoms with Crippen LogP contribution in [0.5, 0.6) is 0 Å². The number of anilines is 3. The van der Waals surface area contributed by atoms with E-state index in [2.05, 4.69) is 26.7 Å². The van der Waals surface area contributed by atoms with Gasteiger partial charge in [0, 0.05) is 58.1 Å². The van der Waals surface area contributed by atoms with E-state index in [1.807, 2.05) is 6.07 Å². The molecule has 4 heterocycles. The molecule has 3 amide bonds. The minimum absolute atomic E-state index is 0.0700. The zero-order chi connectivity index (χ0) is 27.5. The van der Waals surface area contributed by atoms with Crippen LogP contribution in [-0.4, -0.2) is 78.7 Å². The quantitative estimate of drug-likeness (QED) is 0.488. The number of aldehydes is 1. The number of methoxy groups -OCH3 is 2. The fraction of sp³-hybridized carbons (Fsp3) is 0.481. The fourth-order valence-corrected chi connectivity index (χ4v) is 5.30. The normalized spacial score (nSPS) is 22.1. The lowest BCUT2D eigenvalue weighted by atomic mass is 9.88. The number of ether oxygens (including phenoxy) is 2. The van der Waals surface area contributed by atoms with E-state index < -0.39 is 12.1 Å². The highest BCUT2D eigenvalue weighted by atomic mass is 16.5. The molecule has 2 aliphatic heterocycles. The summed E-state index contributed by atoms with van der Waals surface area (Å²) in [6.45, 7) is 1.22. The van der Waals surface area contributed by atoms with Crippen molar-refractivity contribution in [3.8, 4) is 6.07 Å². The number of fused-ring (bicyclic) bond motifs is 1. The molecule has 3 atom stereocenters. The third kappa shape index (κ3) is 5.28. The highest BCUT2D eigenvalue weighted by molar-refractivity contribution is 6.02. The summed E-state index contributed by atoms with van der Waals surface area (Å²) in [6, 6.07) is 5.28. The van der Waals surface area contributed by atoms with Crippen molar-refractivity contribution in [2.75, 3.05) is 42.8 Å². The minimum Gasteiger partial charge on any atom is -0.379 e. The average Bonchev–Trinajstić information content (AvgIpc) is 3.29. The molecule has 2 aromatic rings. The van der Waals surface area contributed by atoms with Crippen molar-refractivity contribution >= 4 is 35.5 Å². The van der Waals surface area contributed by atoms with Crippen molar-refractivity contribution in [1.82, 2.24) is 14.9 Å². The molecule has 3 aliphatic rings. The third-order valence-corrected chi connectivity index (χ3v) is 7.64. The summed E-state index contributed by atoms with van der Waals surface area (Å²) in [6.07, 6.45) is 5.56. The molecule has 0 aromatic carbocycles. The second-order valence-electron chi connectivity index (χ2n) is 9.92. The SMILES string of the molecule is COC1CCN(Cc2cc3c(nc2C=O)N(C(=O)Nc2cc(NC4CCC4OC)c(C#N)cn2)CCC3)C1=O. The molecule has 5 rings (SSSR count). The second kappa shape index (κ2) is 11.3. The predicted molar refractivity (Wildman–Crippen MR) is 142 cm³/mol. The molecule has 0 radical (unpaired) electrons. The molecule has 1 saturated carbocycles. The number of aromatic nitrogens is 2. The molecule has 2 aromatic heterocycles. The van der Waals surface area contributed by atoms with Gasteiger partial charge < -0.3 is 19.7 Å². The average molecular weight is 534 g/mol. The molecule has 0 bridgehead atoms. The fourth-order valence-electron chi connectivity index (χ4n) is 5.30. The number of rotatable bonds is 8. The molecule has 0 spiro atoms. The first-order chi connectivity index (χ1) is 18.9. The molecule has 12 nitrogen and oxygen atoms in total.